The van der Waals surface area contributed by atoms with Gasteiger partial charge in [0, 0.05) is 6.54 Å². The number of nitrogens with one attached hydrogen (secondary N) is 1. The minimum atomic E-state index is -4.22. The first-order valence-electron chi connectivity index (χ1n) is 3.02. The summed E-state index contributed by atoms with van der Waals surface area (Å²) < 4.78 is 35.3. The molecule has 0 saturated heterocycles. The first-order chi connectivity index (χ1) is 4.52. The van der Waals surface area contributed by atoms with E-state index in [0.29, 0.717) is 0 Å². The topological polar surface area (TPSA) is 38.0 Å². The summed E-state index contributed by atoms with van der Waals surface area (Å²) >= 11 is 0. The van der Waals surface area contributed by atoms with Gasteiger partial charge in [-0.1, -0.05) is 6.92 Å². The third-order valence-electron chi connectivity index (χ3n) is 1.08. The third kappa shape index (κ3) is 3.03. The Morgan fingerprint density at radius 1 is 1.50 bits per heavy atom. The second kappa shape index (κ2) is 3.78. The van der Waals surface area contributed by atoms with Crippen LogP contribution in [-0.4, -0.2) is 25.3 Å². The highest BCUT2D eigenvalue weighted by Crippen LogP contribution is 2.18. The predicted octanol–water partition coefficient (Wildman–Crippen LogP) is 0.485. The highest BCUT2D eigenvalue weighted by molar-refractivity contribution is 4.74. The zero-order valence-electron chi connectivity index (χ0n) is 5.70. The van der Waals surface area contributed by atoms with E-state index < -0.39 is 18.8 Å². The van der Waals surface area contributed by atoms with Gasteiger partial charge in [0.15, 0.2) is 0 Å². The van der Waals surface area contributed by atoms with Crippen molar-refractivity contribution < 1.29 is 13.2 Å². The Bertz CT molecular complexity index is 91.4. The Labute approximate surface area is 57.6 Å². The number of rotatable bonds is 3. The van der Waals surface area contributed by atoms with E-state index in [9.17, 15) is 13.2 Å². The van der Waals surface area contributed by atoms with Crippen LogP contribution in [0, 0.1) is 0 Å². The average molecular weight is 156 g/mol. The van der Waals surface area contributed by atoms with Crippen molar-refractivity contribution in [2.75, 3.05) is 13.1 Å². The normalized spacial score (nSPS) is 15.3. The summed E-state index contributed by atoms with van der Waals surface area (Å²) in [6.07, 6.45) is -4.22. The van der Waals surface area contributed by atoms with Crippen molar-refractivity contribution >= 4 is 0 Å². The van der Waals surface area contributed by atoms with Crippen molar-refractivity contribution in [2.45, 2.75) is 19.1 Å². The fraction of sp³-hybridized carbons (Fsp3) is 1.00. The Kier molecular flexibility index (Phi) is 3.67. The molecule has 0 aromatic rings. The SMILES string of the molecule is CCNC(CN)C(F)(F)F. The molecule has 1 atom stereocenters. The van der Waals surface area contributed by atoms with E-state index in [-0.39, 0.29) is 6.54 Å². The Hall–Kier alpha value is -0.290. The van der Waals surface area contributed by atoms with E-state index in [1.54, 1.807) is 6.92 Å². The molecule has 5 heteroatoms. The van der Waals surface area contributed by atoms with Crippen LogP contribution in [-0.2, 0) is 0 Å². The fourth-order valence-corrected chi connectivity index (χ4v) is 0.579. The standard InChI is InChI=1S/C5H11F3N2/c1-2-10-4(3-9)5(6,7)8/h4,10H,2-3,9H2,1H3. The molecular formula is C5H11F3N2. The molecule has 0 rings (SSSR count). The molecule has 0 bridgehead atoms. The molecule has 62 valence electrons. The maximum absolute atomic E-state index is 11.8. The number of nitrogens with two attached hydrogens (primary N) is 1. The first kappa shape index (κ1) is 9.71. The van der Waals surface area contributed by atoms with Gasteiger partial charge in [0.2, 0.25) is 0 Å². The molecule has 0 aliphatic carbocycles. The molecule has 2 nitrogen and oxygen atoms in total. The van der Waals surface area contributed by atoms with Gasteiger partial charge in [-0.25, -0.2) is 0 Å². The van der Waals surface area contributed by atoms with Crippen LogP contribution in [0.3, 0.4) is 0 Å². The second-order valence-electron chi connectivity index (χ2n) is 1.89. The number of halogens is 3. The van der Waals surface area contributed by atoms with E-state index in [1.165, 1.54) is 0 Å². The summed E-state index contributed by atoms with van der Waals surface area (Å²) in [7, 11) is 0. The molecule has 0 aromatic carbocycles. The summed E-state index contributed by atoms with van der Waals surface area (Å²) in [4.78, 5) is 0. The zero-order valence-corrected chi connectivity index (χ0v) is 5.70. The lowest BCUT2D eigenvalue weighted by Gasteiger charge is -2.18. The van der Waals surface area contributed by atoms with Crippen molar-refractivity contribution in [3.8, 4) is 0 Å². The van der Waals surface area contributed by atoms with Gasteiger partial charge in [-0.3, -0.25) is 0 Å². The van der Waals surface area contributed by atoms with Crippen LogP contribution < -0.4 is 11.1 Å². The van der Waals surface area contributed by atoms with E-state index in [4.69, 9.17) is 5.73 Å². The van der Waals surface area contributed by atoms with Gasteiger partial charge in [0.1, 0.15) is 6.04 Å². The van der Waals surface area contributed by atoms with Crippen molar-refractivity contribution in [3.63, 3.8) is 0 Å². The summed E-state index contributed by atoms with van der Waals surface area (Å²) in [5.74, 6) is 0. The largest absolute Gasteiger partial charge is 0.405 e. The average Bonchev–Trinajstić information content (AvgIpc) is 1.80. The van der Waals surface area contributed by atoms with Gasteiger partial charge in [-0.05, 0) is 6.54 Å². The lowest BCUT2D eigenvalue weighted by Crippen LogP contribution is -2.47. The first-order valence-corrected chi connectivity index (χ1v) is 3.02. The predicted molar refractivity (Wildman–Crippen MR) is 32.6 cm³/mol. The summed E-state index contributed by atoms with van der Waals surface area (Å²) in [5, 5.41) is 2.22. The molecule has 10 heavy (non-hydrogen) atoms. The Morgan fingerprint density at radius 3 is 2.10 bits per heavy atom. The van der Waals surface area contributed by atoms with E-state index in [0.717, 1.165) is 0 Å². The quantitative estimate of drug-likeness (QED) is 0.624. The van der Waals surface area contributed by atoms with Gasteiger partial charge in [-0.2, -0.15) is 13.2 Å². The molecule has 0 spiro atoms. The summed E-state index contributed by atoms with van der Waals surface area (Å²) in [5.41, 5.74) is 4.86. The monoisotopic (exact) mass is 156 g/mol. The third-order valence-corrected chi connectivity index (χ3v) is 1.08. The van der Waals surface area contributed by atoms with Gasteiger partial charge in [0.05, 0.1) is 0 Å². The second-order valence-corrected chi connectivity index (χ2v) is 1.89. The van der Waals surface area contributed by atoms with Crippen molar-refractivity contribution in [3.05, 3.63) is 0 Å². The highest BCUT2D eigenvalue weighted by Gasteiger charge is 2.37. The Balaban J connectivity index is 3.81. The van der Waals surface area contributed by atoms with Gasteiger partial charge < -0.3 is 11.1 Å². The fourth-order valence-electron chi connectivity index (χ4n) is 0.579. The summed E-state index contributed by atoms with van der Waals surface area (Å²) in [6.45, 7) is 1.48. The number of hydrogen-bond donors (Lipinski definition) is 2. The van der Waals surface area contributed by atoms with Crippen molar-refractivity contribution in [1.29, 1.82) is 0 Å². The minimum absolute atomic E-state index is 0.279. The van der Waals surface area contributed by atoms with Gasteiger partial charge in [-0.15, -0.1) is 0 Å². The molecule has 0 radical (unpaired) electrons. The molecule has 1 unspecified atom stereocenters. The van der Waals surface area contributed by atoms with Crippen LogP contribution in [0.1, 0.15) is 6.92 Å². The maximum atomic E-state index is 11.8. The smallest absolute Gasteiger partial charge is 0.329 e. The molecule has 0 amide bonds. The van der Waals surface area contributed by atoms with Crippen LogP contribution >= 0.6 is 0 Å². The van der Waals surface area contributed by atoms with Gasteiger partial charge in [0.25, 0.3) is 0 Å². The van der Waals surface area contributed by atoms with Crippen LogP contribution in [0.4, 0.5) is 13.2 Å². The highest BCUT2D eigenvalue weighted by atomic mass is 19.4. The van der Waals surface area contributed by atoms with E-state index in [1.807, 2.05) is 0 Å². The van der Waals surface area contributed by atoms with Crippen LogP contribution in [0.25, 0.3) is 0 Å². The van der Waals surface area contributed by atoms with Crippen LogP contribution in [0.2, 0.25) is 0 Å². The van der Waals surface area contributed by atoms with E-state index >= 15 is 0 Å². The molecular weight excluding hydrogens is 145 g/mol. The zero-order chi connectivity index (χ0) is 8.20. The molecule has 0 aliphatic heterocycles. The minimum Gasteiger partial charge on any atom is -0.329 e. The molecule has 0 fully saturated rings. The lowest BCUT2D eigenvalue weighted by molar-refractivity contribution is -0.153. The molecule has 0 aliphatic rings. The van der Waals surface area contributed by atoms with Crippen molar-refractivity contribution in [1.82, 2.24) is 5.32 Å². The molecule has 3 N–H and O–H groups in total. The lowest BCUT2D eigenvalue weighted by atomic mass is 10.3. The van der Waals surface area contributed by atoms with Crippen LogP contribution in [0.15, 0.2) is 0 Å². The molecule has 0 saturated carbocycles. The molecule has 0 aromatic heterocycles. The van der Waals surface area contributed by atoms with E-state index in [2.05, 4.69) is 5.32 Å². The summed E-state index contributed by atoms with van der Waals surface area (Å²) in [6, 6.07) is -1.56. The van der Waals surface area contributed by atoms with Gasteiger partial charge >= 0.3 is 6.18 Å². The van der Waals surface area contributed by atoms with Crippen molar-refractivity contribution in [2.24, 2.45) is 5.73 Å². The molecule has 0 heterocycles. The maximum Gasteiger partial charge on any atom is 0.405 e. The number of likely N-dealkylation sites (N-methyl/N-ethyl adjacent to an activating group) is 1. The Morgan fingerprint density at radius 2 is 2.00 bits per heavy atom. The number of alkyl halides is 3. The van der Waals surface area contributed by atoms with Crippen LogP contribution in [0.5, 0.6) is 0 Å². The number of hydrogen-bond acceptors (Lipinski definition) is 2.